The fourth-order valence-electron chi connectivity index (χ4n) is 1.41. The van der Waals surface area contributed by atoms with Crippen LogP contribution in [0.4, 0.5) is 5.69 Å². The Morgan fingerprint density at radius 2 is 2.14 bits per heavy atom. The van der Waals surface area contributed by atoms with E-state index < -0.39 is 0 Å². The Morgan fingerprint density at radius 1 is 1.36 bits per heavy atom. The van der Waals surface area contributed by atoms with Gasteiger partial charge in [0.1, 0.15) is 5.58 Å². The quantitative estimate of drug-likeness (QED) is 0.405. The summed E-state index contributed by atoms with van der Waals surface area (Å²) in [5, 5.41) is 0.920. The van der Waals surface area contributed by atoms with Crippen LogP contribution in [0.3, 0.4) is 0 Å². The van der Waals surface area contributed by atoms with E-state index >= 15 is 0 Å². The lowest BCUT2D eigenvalue weighted by atomic mass is 10.1. The molecular weight excluding hydrogens is 180 g/mol. The van der Waals surface area contributed by atoms with Crippen molar-refractivity contribution in [2.45, 2.75) is 6.92 Å². The molecule has 1 aromatic carbocycles. The first-order chi connectivity index (χ1) is 6.70. The van der Waals surface area contributed by atoms with E-state index in [1.807, 2.05) is 19.1 Å². The molecular formula is C10H10N2O2. The van der Waals surface area contributed by atoms with Crippen LogP contribution < -0.4 is 16.9 Å². The number of nitrogen functional groups attached to an aromatic ring is 1. The van der Waals surface area contributed by atoms with Gasteiger partial charge in [-0.3, -0.25) is 5.84 Å². The standard InChI is InChI=1S/C10H10N2O2/c1-6-4-10(13)14-9-5-7(12-11)2-3-8(6)9/h2-5,12H,11H2,1H3. The molecule has 0 fully saturated rings. The Balaban J connectivity index is 2.82. The zero-order valence-corrected chi connectivity index (χ0v) is 7.70. The Kier molecular flexibility index (Phi) is 1.98. The predicted octanol–water partition coefficient (Wildman–Crippen LogP) is 1.39. The van der Waals surface area contributed by atoms with Crippen LogP contribution >= 0.6 is 0 Å². The van der Waals surface area contributed by atoms with Gasteiger partial charge in [-0.15, -0.1) is 0 Å². The van der Waals surface area contributed by atoms with Crippen LogP contribution in [0, 0.1) is 6.92 Å². The smallest absolute Gasteiger partial charge is 0.336 e. The van der Waals surface area contributed by atoms with Gasteiger partial charge >= 0.3 is 5.63 Å². The molecule has 3 N–H and O–H groups in total. The van der Waals surface area contributed by atoms with Crippen LogP contribution in [-0.4, -0.2) is 0 Å². The number of nitrogens with two attached hydrogens (primary N) is 1. The molecule has 0 amide bonds. The first-order valence-electron chi connectivity index (χ1n) is 4.22. The number of anilines is 1. The van der Waals surface area contributed by atoms with Crippen LogP contribution in [0.25, 0.3) is 11.0 Å². The van der Waals surface area contributed by atoms with E-state index in [0.29, 0.717) is 11.3 Å². The molecule has 0 atom stereocenters. The summed E-state index contributed by atoms with van der Waals surface area (Å²) in [6.45, 7) is 1.87. The van der Waals surface area contributed by atoms with Gasteiger partial charge in [0.05, 0.1) is 5.69 Å². The Morgan fingerprint density at radius 3 is 2.86 bits per heavy atom. The number of nitrogens with one attached hydrogen (secondary N) is 1. The summed E-state index contributed by atoms with van der Waals surface area (Å²) >= 11 is 0. The molecule has 0 unspecified atom stereocenters. The third kappa shape index (κ3) is 1.36. The predicted molar refractivity (Wildman–Crippen MR) is 55.0 cm³/mol. The number of fused-ring (bicyclic) bond motifs is 1. The highest BCUT2D eigenvalue weighted by Crippen LogP contribution is 2.19. The summed E-state index contributed by atoms with van der Waals surface area (Å²) in [4.78, 5) is 11.1. The van der Waals surface area contributed by atoms with Gasteiger partial charge in [-0.25, -0.2) is 4.79 Å². The highest BCUT2D eigenvalue weighted by Gasteiger charge is 2.01. The number of benzene rings is 1. The van der Waals surface area contributed by atoms with Crippen molar-refractivity contribution in [3.05, 3.63) is 40.2 Å². The van der Waals surface area contributed by atoms with Crippen molar-refractivity contribution in [1.82, 2.24) is 0 Å². The summed E-state index contributed by atoms with van der Waals surface area (Å²) in [5.41, 5.74) is 4.32. The van der Waals surface area contributed by atoms with E-state index in [0.717, 1.165) is 10.9 Å². The number of aryl methyl sites for hydroxylation is 1. The molecule has 0 saturated carbocycles. The zero-order valence-electron chi connectivity index (χ0n) is 7.70. The maximum atomic E-state index is 11.1. The lowest BCUT2D eigenvalue weighted by Crippen LogP contribution is -2.06. The fraction of sp³-hybridized carbons (Fsp3) is 0.100. The van der Waals surface area contributed by atoms with Gasteiger partial charge in [0.15, 0.2) is 0 Å². The first kappa shape index (κ1) is 8.77. The fourth-order valence-corrected chi connectivity index (χ4v) is 1.41. The van der Waals surface area contributed by atoms with Crippen LogP contribution in [0.15, 0.2) is 33.5 Å². The van der Waals surface area contributed by atoms with Crippen molar-refractivity contribution in [2.75, 3.05) is 5.43 Å². The molecule has 0 aliphatic rings. The lowest BCUT2D eigenvalue weighted by Gasteiger charge is -2.02. The molecule has 0 radical (unpaired) electrons. The molecule has 4 heteroatoms. The summed E-state index contributed by atoms with van der Waals surface area (Å²) < 4.78 is 5.03. The van der Waals surface area contributed by atoms with Gasteiger partial charge in [0.25, 0.3) is 0 Å². The number of rotatable bonds is 1. The van der Waals surface area contributed by atoms with Crippen molar-refractivity contribution < 1.29 is 4.42 Å². The van der Waals surface area contributed by atoms with E-state index in [-0.39, 0.29) is 5.63 Å². The van der Waals surface area contributed by atoms with Crippen molar-refractivity contribution in [3.63, 3.8) is 0 Å². The van der Waals surface area contributed by atoms with E-state index in [1.165, 1.54) is 6.07 Å². The molecule has 1 heterocycles. The minimum atomic E-state index is -0.343. The molecule has 14 heavy (non-hydrogen) atoms. The minimum absolute atomic E-state index is 0.343. The SMILES string of the molecule is Cc1cc(=O)oc2cc(NN)ccc12. The Bertz CT molecular complexity index is 531. The van der Waals surface area contributed by atoms with Gasteiger partial charge in [0, 0.05) is 17.5 Å². The second-order valence-corrected chi connectivity index (χ2v) is 3.10. The Labute approximate surface area is 80.3 Å². The van der Waals surface area contributed by atoms with Gasteiger partial charge < -0.3 is 9.84 Å². The van der Waals surface area contributed by atoms with Gasteiger partial charge in [-0.05, 0) is 24.6 Å². The molecule has 0 spiro atoms. The number of hydrazine groups is 1. The van der Waals surface area contributed by atoms with E-state index in [4.69, 9.17) is 10.3 Å². The summed E-state index contributed by atoms with van der Waals surface area (Å²) in [6, 6.07) is 6.86. The monoisotopic (exact) mass is 190 g/mol. The van der Waals surface area contributed by atoms with Gasteiger partial charge in [-0.1, -0.05) is 0 Å². The van der Waals surface area contributed by atoms with E-state index in [9.17, 15) is 4.79 Å². The second kappa shape index (κ2) is 3.16. The highest BCUT2D eigenvalue weighted by molar-refractivity contribution is 5.83. The van der Waals surface area contributed by atoms with Crippen molar-refractivity contribution in [2.24, 2.45) is 5.84 Å². The van der Waals surface area contributed by atoms with Crippen LogP contribution in [-0.2, 0) is 0 Å². The molecule has 2 rings (SSSR count). The minimum Gasteiger partial charge on any atom is -0.423 e. The maximum absolute atomic E-state index is 11.1. The molecule has 0 aliphatic heterocycles. The number of hydrogen-bond donors (Lipinski definition) is 2. The summed E-state index contributed by atoms with van der Waals surface area (Å²) in [5.74, 6) is 5.25. The average molecular weight is 190 g/mol. The average Bonchev–Trinajstić information content (AvgIpc) is 2.16. The normalized spacial score (nSPS) is 10.4. The van der Waals surface area contributed by atoms with Crippen LogP contribution in [0.1, 0.15) is 5.56 Å². The van der Waals surface area contributed by atoms with E-state index in [2.05, 4.69) is 5.43 Å². The molecule has 0 aliphatic carbocycles. The summed E-state index contributed by atoms with van der Waals surface area (Å²) in [7, 11) is 0. The molecule has 1 aromatic heterocycles. The van der Waals surface area contributed by atoms with E-state index in [1.54, 1.807) is 6.07 Å². The highest BCUT2D eigenvalue weighted by atomic mass is 16.4. The van der Waals surface area contributed by atoms with Gasteiger partial charge in [0.2, 0.25) is 0 Å². The van der Waals surface area contributed by atoms with Crippen molar-refractivity contribution >= 4 is 16.7 Å². The molecule has 2 aromatic rings. The van der Waals surface area contributed by atoms with Crippen LogP contribution in [0.2, 0.25) is 0 Å². The zero-order chi connectivity index (χ0) is 10.1. The third-order valence-corrected chi connectivity index (χ3v) is 2.12. The second-order valence-electron chi connectivity index (χ2n) is 3.10. The van der Waals surface area contributed by atoms with Crippen molar-refractivity contribution in [1.29, 1.82) is 0 Å². The van der Waals surface area contributed by atoms with Crippen molar-refractivity contribution in [3.8, 4) is 0 Å². The third-order valence-electron chi connectivity index (χ3n) is 2.12. The molecule has 72 valence electrons. The maximum Gasteiger partial charge on any atom is 0.336 e. The number of hydrogen-bond acceptors (Lipinski definition) is 4. The largest absolute Gasteiger partial charge is 0.423 e. The van der Waals surface area contributed by atoms with Gasteiger partial charge in [-0.2, -0.15) is 0 Å². The first-order valence-corrected chi connectivity index (χ1v) is 4.22. The molecule has 4 nitrogen and oxygen atoms in total. The van der Waals surface area contributed by atoms with Crippen LogP contribution in [0.5, 0.6) is 0 Å². The molecule has 0 bridgehead atoms. The summed E-state index contributed by atoms with van der Waals surface area (Å²) in [6.07, 6.45) is 0. The molecule has 0 saturated heterocycles. The lowest BCUT2D eigenvalue weighted by molar-refractivity contribution is 0.560. The Hall–Kier alpha value is -1.81. The topological polar surface area (TPSA) is 68.3 Å².